The third-order valence-corrected chi connectivity index (χ3v) is 3.75. The lowest BCUT2D eigenvalue weighted by Crippen LogP contribution is -2.30. The van der Waals surface area contributed by atoms with E-state index in [0.717, 1.165) is 30.0 Å². The van der Waals surface area contributed by atoms with Gasteiger partial charge in [-0.1, -0.05) is 31.5 Å². The molecule has 1 fully saturated rings. The fourth-order valence-electron chi connectivity index (χ4n) is 2.55. The van der Waals surface area contributed by atoms with Gasteiger partial charge in [0, 0.05) is 19.3 Å². The summed E-state index contributed by atoms with van der Waals surface area (Å²) in [5.41, 5.74) is 7.93. The molecule has 2 N–H and O–H groups in total. The molecule has 98 valence electrons. The number of hydrogen-bond donors (Lipinski definition) is 1. The third kappa shape index (κ3) is 2.99. The highest BCUT2D eigenvalue weighted by atomic mass is 32.1. The van der Waals surface area contributed by atoms with Crippen molar-refractivity contribution in [3.05, 3.63) is 23.4 Å². The van der Waals surface area contributed by atoms with Crippen molar-refractivity contribution in [1.82, 2.24) is 4.98 Å². The van der Waals surface area contributed by atoms with Crippen LogP contribution in [0.25, 0.3) is 0 Å². The highest BCUT2D eigenvalue weighted by Crippen LogP contribution is 2.23. The van der Waals surface area contributed by atoms with Crippen LogP contribution in [-0.4, -0.2) is 23.1 Å². The number of thiocarbonyl (C=S) groups is 1. The van der Waals surface area contributed by atoms with E-state index in [2.05, 4.69) is 9.88 Å². The Balaban J connectivity index is 2.30. The Hall–Kier alpha value is -1.16. The third-order valence-electron chi connectivity index (χ3n) is 3.54. The Kier molecular flexibility index (Phi) is 4.53. The summed E-state index contributed by atoms with van der Waals surface area (Å²) in [6, 6.07) is 1.97. The molecule has 0 bridgehead atoms. The van der Waals surface area contributed by atoms with Gasteiger partial charge in [-0.05, 0) is 31.4 Å². The van der Waals surface area contributed by atoms with Gasteiger partial charge in [-0.3, -0.25) is 0 Å². The molecule has 2 heterocycles. The molecule has 0 unspecified atom stereocenters. The van der Waals surface area contributed by atoms with E-state index in [1.54, 1.807) is 0 Å². The molecule has 0 atom stereocenters. The number of nitrogens with zero attached hydrogens (tertiary/aromatic N) is 2. The lowest BCUT2D eigenvalue weighted by Gasteiger charge is -2.28. The molecule has 1 aromatic rings. The van der Waals surface area contributed by atoms with Crippen molar-refractivity contribution in [2.75, 3.05) is 18.0 Å². The first-order valence-corrected chi connectivity index (χ1v) is 7.11. The van der Waals surface area contributed by atoms with Crippen LogP contribution in [0.15, 0.2) is 12.3 Å². The maximum absolute atomic E-state index is 5.86. The standard InChI is InChI=1S/C14H21N3S/c1-11-7-8-16-14(12(11)13(15)18)17-9-5-3-2-4-6-10-17/h7-8H,2-6,9-10H2,1H3,(H2,15,18). The number of hydrogen-bond acceptors (Lipinski definition) is 3. The van der Waals surface area contributed by atoms with E-state index >= 15 is 0 Å². The van der Waals surface area contributed by atoms with Gasteiger partial charge in [-0.15, -0.1) is 0 Å². The Bertz CT molecular complexity index is 423. The van der Waals surface area contributed by atoms with E-state index in [4.69, 9.17) is 18.0 Å². The Morgan fingerprint density at radius 1 is 1.22 bits per heavy atom. The number of aryl methyl sites for hydroxylation is 1. The quantitative estimate of drug-likeness (QED) is 0.833. The zero-order valence-electron chi connectivity index (χ0n) is 11.0. The first kappa shape index (κ1) is 13.3. The molecule has 0 amide bonds. The second kappa shape index (κ2) is 6.14. The molecule has 1 aliphatic heterocycles. The first-order valence-electron chi connectivity index (χ1n) is 6.70. The Morgan fingerprint density at radius 3 is 2.44 bits per heavy atom. The monoisotopic (exact) mass is 263 g/mol. The maximum Gasteiger partial charge on any atom is 0.139 e. The fourth-order valence-corrected chi connectivity index (χ4v) is 2.80. The van der Waals surface area contributed by atoms with Gasteiger partial charge in [0.15, 0.2) is 0 Å². The Labute approximate surface area is 114 Å². The van der Waals surface area contributed by atoms with Crippen molar-refractivity contribution in [2.45, 2.75) is 39.0 Å². The van der Waals surface area contributed by atoms with Gasteiger partial charge < -0.3 is 10.6 Å². The molecule has 18 heavy (non-hydrogen) atoms. The molecule has 2 rings (SSSR count). The second-order valence-corrected chi connectivity index (χ2v) is 5.39. The van der Waals surface area contributed by atoms with E-state index in [1.807, 2.05) is 19.2 Å². The first-order chi connectivity index (χ1) is 8.70. The van der Waals surface area contributed by atoms with E-state index in [-0.39, 0.29) is 0 Å². The molecular formula is C14H21N3S. The van der Waals surface area contributed by atoms with Crippen molar-refractivity contribution < 1.29 is 0 Å². The van der Waals surface area contributed by atoms with Gasteiger partial charge in [0.2, 0.25) is 0 Å². The molecule has 0 radical (unpaired) electrons. The zero-order valence-corrected chi connectivity index (χ0v) is 11.8. The fraction of sp³-hybridized carbons (Fsp3) is 0.571. The smallest absolute Gasteiger partial charge is 0.139 e. The van der Waals surface area contributed by atoms with Gasteiger partial charge in [-0.25, -0.2) is 4.98 Å². The van der Waals surface area contributed by atoms with E-state index in [0.29, 0.717) is 4.99 Å². The van der Waals surface area contributed by atoms with Gasteiger partial charge in [0.25, 0.3) is 0 Å². The largest absolute Gasteiger partial charge is 0.389 e. The predicted octanol–water partition coefficient (Wildman–Crippen LogP) is 2.79. The average molecular weight is 263 g/mol. The summed E-state index contributed by atoms with van der Waals surface area (Å²) in [7, 11) is 0. The summed E-state index contributed by atoms with van der Waals surface area (Å²) < 4.78 is 0. The van der Waals surface area contributed by atoms with E-state index in [1.165, 1.54) is 32.1 Å². The van der Waals surface area contributed by atoms with E-state index < -0.39 is 0 Å². The minimum atomic E-state index is 0.456. The van der Waals surface area contributed by atoms with Crippen molar-refractivity contribution in [2.24, 2.45) is 5.73 Å². The molecule has 0 aromatic carbocycles. The van der Waals surface area contributed by atoms with Crippen molar-refractivity contribution in [3.63, 3.8) is 0 Å². The maximum atomic E-state index is 5.86. The molecule has 3 nitrogen and oxygen atoms in total. The summed E-state index contributed by atoms with van der Waals surface area (Å²) in [4.78, 5) is 7.32. The van der Waals surface area contributed by atoms with Crippen molar-refractivity contribution >= 4 is 23.0 Å². The Morgan fingerprint density at radius 2 is 1.83 bits per heavy atom. The minimum Gasteiger partial charge on any atom is -0.389 e. The van der Waals surface area contributed by atoms with Crippen molar-refractivity contribution in [3.8, 4) is 0 Å². The van der Waals surface area contributed by atoms with E-state index in [9.17, 15) is 0 Å². The summed E-state index contributed by atoms with van der Waals surface area (Å²) in [6.07, 6.45) is 8.29. The number of rotatable bonds is 2. The number of aromatic nitrogens is 1. The van der Waals surface area contributed by atoms with Crippen LogP contribution in [0.5, 0.6) is 0 Å². The molecule has 0 saturated carbocycles. The van der Waals surface area contributed by atoms with Crippen LogP contribution < -0.4 is 10.6 Å². The zero-order chi connectivity index (χ0) is 13.0. The summed E-state index contributed by atoms with van der Waals surface area (Å²) in [5, 5.41) is 0. The molecule has 0 spiro atoms. The van der Waals surface area contributed by atoms with Crippen molar-refractivity contribution in [1.29, 1.82) is 0 Å². The molecule has 1 aliphatic rings. The van der Waals surface area contributed by atoms with Crippen LogP contribution in [0.2, 0.25) is 0 Å². The van der Waals surface area contributed by atoms with Crippen LogP contribution in [0.1, 0.15) is 43.2 Å². The lowest BCUT2D eigenvalue weighted by molar-refractivity contribution is 0.553. The van der Waals surface area contributed by atoms with Crippen LogP contribution in [-0.2, 0) is 0 Å². The molecular weight excluding hydrogens is 242 g/mol. The minimum absolute atomic E-state index is 0.456. The van der Waals surface area contributed by atoms with Crippen LogP contribution in [0, 0.1) is 6.92 Å². The molecule has 1 aromatic heterocycles. The van der Waals surface area contributed by atoms with Gasteiger partial charge in [-0.2, -0.15) is 0 Å². The summed E-state index contributed by atoms with van der Waals surface area (Å²) in [6.45, 7) is 4.17. The molecule has 0 aliphatic carbocycles. The highest BCUT2D eigenvalue weighted by Gasteiger charge is 2.17. The topological polar surface area (TPSA) is 42.2 Å². The van der Waals surface area contributed by atoms with Crippen LogP contribution in [0.4, 0.5) is 5.82 Å². The molecule has 4 heteroatoms. The molecule has 1 saturated heterocycles. The van der Waals surface area contributed by atoms with Gasteiger partial charge >= 0.3 is 0 Å². The average Bonchev–Trinajstić information content (AvgIpc) is 2.27. The van der Waals surface area contributed by atoms with Crippen LogP contribution in [0.3, 0.4) is 0 Å². The number of nitrogens with two attached hydrogens (primary N) is 1. The normalized spacial score (nSPS) is 17.1. The highest BCUT2D eigenvalue weighted by molar-refractivity contribution is 7.80. The summed E-state index contributed by atoms with van der Waals surface area (Å²) in [5.74, 6) is 0.976. The lowest BCUT2D eigenvalue weighted by atomic mass is 10.1. The number of pyridine rings is 1. The predicted molar refractivity (Wildman–Crippen MR) is 80.2 cm³/mol. The van der Waals surface area contributed by atoms with Gasteiger partial charge in [0.05, 0.1) is 5.56 Å². The number of anilines is 1. The second-order valence-electron chi connectivity index (χ2n) is 4.95. The van der Waals surface area contributed by atoms with Gasteiger partial charge in [0.1, 0.15) is 10.8 Å². The SMILES string of the molecule is Cc1ccnc(N2CCCCCCC2)c1C(N)=S. The van der Waals surface area contributed by atoms with Crippen LogP contribution >= 0.6 is 12.2 Å². The summed E-state index contributed by atoms with van der Waals surface area (Å²) >= 11 is 5.18.